The van der Waals surface area contributed by atoms with Gasteiger partial charge in [0.2, 0.25) is 0 Å². The van der Waals surface area contributed by atoms with E-state index in [2.05, 4.69) is 24.9 Å². The number of aldehydes is 4. The van der Waals surface area contributed by atoms with Crippen LogP contribution in [0.1, 0.15) is 19.3 Å². The van der Waals surface area contributed by atoms with E-state index >= 15 is 0 Å². The minimum Gasteiger partial charge on any atom is -0.320 e. The molecule has 0 saturated carbocycles. The lowest BCUT2D eigenvalue weighted by molar-refractivity contribution is -0.111. The van der Waals surface area contributed by atoms with Crippen LogP contribution in [-0.4, -0.2) is 136 Å². The van der Waals surface area contributed by atoms with Crippen molar-refractivity contribution in [3.8, 4) is 0 Å². The molecular formula is C21H39N5O4. The van der Waals surface area contributed by atoms with Crippen molar-refractivity contribution in [1.82, 2.24) is 24.9 Å². The van der Waals surface area contributed by atoms with E-state index < -0.39 is 0 Å². The third-order valence-electron chi connectivity index (χ3n) is 5.68. The van der Waals surface area contributed by atoms with E-state index in [-0.39, 0.29) is 6.04 Å². The maximum Gasteiger partial charge on any atom is 0.133 e. The lowest BCUT2D eigenvalue weighted by atomic mass is 10.1. The van der Waals surface area contributed by atoms with Crippen LogP contribution in [0, 0.1) is 0 Å². The van der Waals surface area contributed by atoms with Gasteiger partial charge < -0.3 is 24.5 Å². The molecule has 9 heteroatoms. The standard InChI is InChI=1S/C21H39N5O4/c1-22-5-3-2-4-21-20-25(14-18-29)9-8-23(12-16-27)6-7-24(13-17-28)10-11-26(21)15-19-30/h16-19,21-22H,2-15,20H2,1H3. The Kier molecular flexibility index (Phi) is 15.2. The van der Waals surface area contributed by atoms with Crippen molar-refractivity contribution >= 4 is 25.1 Å². The second-order valence-corrected chi connectivity index (χ2v) is 7.78. The van der Waals surface area contributed by atoms with Crippen LogP contribution in [0.3, 0.4) is 0 Å². The first-order chi connectivity index (χ1) is 14.7. The van der Waals surface area contributed by atoms with Gasteiger partial charge in [-0.25, -0.2) is 0 Å². The zero-order chi connectivity index (χ0) is 22.0. The Morgan fingerprint density at radius 1 is 0.700 bits per heavy atom. The Morgan fingerprint density at radius 3 is 1.73 bits per heavy atom. The average Bonchev–Trinajstić information content (AvgIpc) is 2.73. The van der Waals surface area contributed by atoms with Gasteiger partial charge in [-0.1, -0.05) is 6.42 Å². The molecule has 1 fully saturated rings. The number of nitrogens with zero attached hydrogens (tertiary/aromatic N) is 4. The SMILES string of the molecule is CNCCCCC1CN(CC=O)CCN(CC=O)CCN(CC=O)CCN1CC=O. The molecule has 0 aromatic carbocycles. The second-order valence-electron chi connectivity index (χ2n) is 7.78. The zero-order valence-corrected chi connectivity index (χ0v) is 18.4. The molecule has 0 bridgehead atoms. The van der Waals surface area contributed by atoms with Gasteiger partial charge in [0.15, 0.2) is 0 Å². The van der Waals surface area contributed by atoms with Crippen LogP contribution in [-0.2, 0) is 19.2 Å². The molecule has 0 amide bonds. The molecule has 0 spiro atoms. The molecule has 1 saturated heterocycles. The molecule has 30 heavy (non-hydrogen) atoms. The highest BCUT2D eigenvalue weighted by atomic mass is 16.1. The highest BCUT2D eigenvalue weighted by Crippen LogP contribution is 2.12. The summed E-state index contributed by atoms with van der Waals surface area (Å²) >= 11 is 0. The number of rotatable bonds is 13. The van der Waals surface area contributed by atoms with Gasteiger partial charge in [0, 0.05) is 51.9 Å². The number of carbonyl (C=O) groups excluding carboxylic acids is 4. The summed E-state index contributed by atoms with van der Waals surface area (Å²) in [5.74, 6) is 0. The van der Waals surface area contributed by atoms with E-state index in [9.17, 15) is 19.2 Å². The molecule has 1 atom stereocenters. The van der Waals surface area contributed by atoms with E-state index in [1.807, 2.05) is 7.05 Å². The minimum atomic E-state index is 0.157. The van der Waals surface area contributed by atoms with E-state index in [4.69, 9.17) is 0 Å². The second kappa shape index (κ2) is 17.2. The lowest BCUT2D eigenvalue weighted by Crippen LogP contribution is -2.51. The molecule has 1 N–H and O–H groups in total. The molecular weight excluding hydrogens is 386 g/mol. The monoisotopic (exact) mass is 425 g/mol. The summed E-state index contributed by atoms with van der Waals surface area (Å²) in [6.07, 6.45) is 6.69. The van der Waals surface area contributed by atoms with Crippen molar-refractivity contribution in [3.05, 3.63) is 0 Å². The first-order valence-electron chi connectivity index (χ1n) is 11.0. The Labute approximate surface area is 180 Å². The fourth-order valence-corrected chi connectivity index (χ4v) is 3.89. The summed E-state index contributed by atoms with van der Waals surface area (Å²) in [7, 11) is 1.94. The fraction of sp³-hybridized carbons (Fsp3) is 0.810. The smallest absolute Gasteiger partial charge is 0.133 e. The Balaban J connectivity index is 2.98. The molecule has 172 valence electrons. The van der Waals surface area contributed by atoms with Crippen LogP contribution < -0.4 is 5.32 Å². The summed E-state index contributed by atoms with van der Waals surface area (Å²) in [5.41, 5.74) is 0. The molecule has 0 aliphatic carbocycles. The Hall–Kier alpha value is -1.52. The first kappa shape index (κ1) is 26.5. The molecule has 1 aliphatic rings. The normalized spacial score (nSPS) is 21.4. The molecule has 0 aromatic rings. The predicted octanol–water partition coefficient (Wildman–Crippen LogP) is -1.24. The van der Waals surface area contributed by atoms with Gasteiger partial charge in [-0.15, -0.1) is 0 Å². The summed E-state index contributed by atoms with van der Waals surface area (Å²) in [5, 5.41) is 3.16. The van der Waals surface area contributed by atoms with E-state index in [0.29, 0.717) is 72.0 Å². The van der Waals surface area contributed by atoms with Crippen molar-refractivity contribution in [2.24, 2.45) is 0 Å². The quantitative estimate of drug-likeness (QED) is 0.287. The molecule has 0 aromatic heterocycles. The highest BCUT2D eigenvalue weighted by Gasteiger charge is 2.23. The largest absolute Gasteiger partial charge is 0.320 e. The fourth-order valence-electron chi connectivity index (χ4n) is 3.89. The topological polar surface area (TPSA) is 93.3 Å². The van der Waals surface area contributed by atoms with Crippen LogP contribution in [0.15, 0.2) is 0 Å². The van der Waals surface area contributed by atoms with Crippen LogP contribution in [0.2, 0.25) is 0 Å². The molecule has 9 nitrogen and oxygen atoms in total. The summed E-state index contributed by atoms with van der Waals surface area (Å²) in [4.78, 5) is 53.3. The van der Waals surface area contributed by atoms with Crippen LogP contribution >= 0.6 is 0 Å². The third-order valence-corrected chi connectivity index (χ3v) is 5.68. The van der Waals surface area contributed by atoms with Gasteiger partial charge >= 0.3 is 0 Å². The van der Waals surface area contributed by atoms with E-state index in [0.717, 1.165) is 51.0 Å². The van der Waals surface area contributed by atoms with E-state index in [1.54, 1.807) is 0 Å². The van der Waals surface area contributed by atoms with E-state index in [1.165, 1.54) is 0 Å². The third kappa shape index (κ3) is 11.0. The van der Waals surface area contributed by atoms with Crippen molar-refractivity contribution in [2.75, 3.05) is 85.6 Å². The summed E-state index contributed by atoms with van der Waals surface area (Å²) in [6, 6.07) is 0.157. The van der Waals surface area contributed by atoms with Crippen molar-refractivity contribution in [1.29, 1.82) is 0 Å². The number of hydrogen-bond acceptors (Lipinski definition) is 9. The van der Waals surface area contributed by atoms with Gasteiger partial charge in [0.25, 0.3) is 0 Å². The number of nitrogens with one attached hydrogen (secondary N) is 1. The molecule has 1 unspecified atom stereocenters. The zero-order valence-electron chi connectivity index (χ0n) is 18.4. The van der Waals surface area contributed by atoms with Gasteiger partial charge in [-0.2, -0.15) is 0 Å². The van der Waals surface area contributed by atoms with Crippen molar-refractivity contribution < 1.29 is 19.2 Å². The summed E-state index contributed by atoms with van der Waals surface area (Å²) < 4.78 is 0. The lowest BCUT2D eigenvalue weighted by Gasteiger charge is -2.37. The molecule has 1 aliphatic heterocycles. The van der Waals surface area contributed by atoms with Crippen LogP contribution in [0.25, 0.3) is 0 Å². The van der Waals surface area contributed by atoms with Crippen molar-refractivity contribution in [3.63, 3.8) is 0 Å². The molecule has 0 radical (unpaired) electrons. The highest BCUT2D eigenvalue weighted by molar-refractivity contribution is 5.53. The molecule has 1 rings (SSSR count). The van der Waals surface area contributed by atoms with Gasteiger partial charge in [0.05, 0.1) is 26.2 Å². The summed E-state index contributed by atoms with van der Waals surface area (Å²) in [6.45, 7) is 7.12. The first-order valence-corrected chi connectivity index (χ1v) is 11.0. The van der Waals surface area contributed by atoms with Gasteiger partial charge in [-0.05, 0) is 26.4 Å². The number of carbonyl (C=O) groups is 4. The van der Waals surface area contributed by atoms with Crippen molar-refractivity contribution in [2.45, 2.75) is 25.3 Å². The average molecular weight is 426 g/mol. The van der Waals surface area contributed by atoms with Gasteiger partial charge in [0.1, 0.15) is 25.1 Å². The minimum absolute atomic E-state index is 0.157. The van der Waals surface area contributed by atoms with Crippen LogP contribution in [0.5, 0.6) is 0 Å². The Morgan fingerprint density at radius 2 is 1.20 bits per heavy atom. The molecule has 1 heterocycles. The number of hydrogen-bond donors (Lipinski definition) is 1. The van der Waals surface area contributed by atoms with Gasteiger partial charge in [-0.3, -0.25) is 19.6 Å². The maximum absolute atomic E-state index is 11.4. The van der Waals surface area contributed by atoms with Crippen LogP contribution in [0.4, 0.5) is 0 Å². The maximum atomic E-state index is 11.4. The number of unbranched alkanes of at least 4 members (excludes halogenated alkanes) is 1. The predicted molar refractivity (Wildman–Crippen MR) is 117 cm³/mol. The Bertz CT molecular complexity index is 494.